The zero-order valence-corrected chi connectivity index (χ0v) is 14.0. The Morgan fingerprint density at radius 3 is 3.04 bits per heavy atom. The van der Waals surface area contributed by atoms with Crippen LogP contribution in [0.2, 0.25) is 0 Å². The zero-order valence-electron chi connectivity index (χ0n) is 14.0. The number of benzene rings is 1. The van der Waals surface area contributed by atoms with Crippen LogP contribution in [-0.2, 0) is 4.74 Å². The van der Waals surface area contributed by atoms with Crippen molar-refractivity contribution in [2.75, 3.05) is 20.3 Å². The smallest absolute Gasteiger partial charge is 0.124 e. The van der Waals surface area contributed by atoms with Gasteiger partial charge in [0.15, 0.2) is 0 Å². The molecule has 0 saturated carbocycles. The number of allylic oxidation sites excluding steroid dienone is 4. The standard InChI is InChI=1S/C19H22N2O3/c1-13(12-23-2)24-17-8-15(7-16(22)10-17)18-9-14-5-3-4-6-20-19(14)11-21-18/h3-4,6-10,13,21-22H,5,11-12H2,1-2H3. The van der Waals surface area contributed by atoms with Gasteiger partial charge in [0.2, 0.25) is 0 Å². The van der Waals surface area contributed by atoms with Crippen molar-refractivity contribution in [3.8, 4) is 11.5 Å². The molecular weight excluding hydrogens is 304 g/mol. The second kappa shape index (κ2) is 7.36. The number of rotatable bonds is 5. The Hall–Kier alpha value is -2.53. The van der Waals surface area contributed by atoms with Gasteiger partial charge in [-0.3, -0.25) is 4.99 Å². The minimum absolute atomic E-state index is 0.0893. The number of phenols is 1. The molecule has 2 aliphatic heterocycles. The van der Waals surface area contributed by atoms with Crippen LogP contribution in [0.15, 0.2) is 52.7 Å². The first-order chi connectivity index (χ1) is 11.7. The third-order valence-electron chi connectivity index (χ3n) is 3.87. The van der Waals surface area contributed by atoms with Crippen molar-refractivity contribution in [2.45, 2.75) is 19.4 Å². The molecule has 0 fully saturated rings. The van der Waals surface area contributed by atoms with E-state index in [9.17, 15) is 5.11 Å². The SMILES string of the molecule is COCC(C)Oc1cc(O)cc(C2=CC3=C(CN2)N=CC=CC3)c1. The lowest BCUT2D eigenvalue weighted by atomic mass is 10.0. The molecule has 5 heteroatoms. The second-order valence-corrected chi connectivity index (χ2v) is 5.89. The number of phenolic OH excluding ortho intramolecular Hbond substituents is 1. The van der Waals surface area contributed by atoms with E-state index in [1.165, 1.54) is 5.57 Å². The fraction of sp³-hybridized carbons (Fsp3) is 0.316. The van der Waals surface area contributed by atoms with Crippen LogP contribution in [0.3, 0.4) is 0 Å². The minimum atomic E-state index is -0.0893. The first-order valence-electron chi connectivity index (χ1n) is 8.02. The van der Waals surface area contributed by atoms with E-state index in [-0.39, 0.29) is 11.9 Å². The summed E-state index contributed by atoms with van der Waals surface area (Å²) in [7, 11) is 1.64. The average molecular weight is 326 g/mol. The van der Waals surface area contributed by atoms with Gasteiger partial charge in [-0.25, -0.2) is 0 Å². The van der Waals surface area contributed by atoms with Crippen LogP contribution in [0, 0.1) is 0 Å². The molecular formula is C19H22N2O3. The lowest BCUT2D eigenvalue weighted by molar-refractivity contribution is 0.0919. The van der Waals surface area contributed by atoms with Crippen LogP contribution in [0.1, 0.15) is 18.9 Å². The molecule has 2 heterocycles. The fourth-order valence-electron chi connectivity index (χ4n) is 2.79. The van der Waals surface area contributed by atoms with Gasteiger partial charge in [0.1, 0.15) is 17.6 Å². The molecule has 0 radical (unpaired) electrons. The monoisotopic (exact) mass is 326 g/mol. The van der Waals surface area contributed by atoms with Crippen molar-refractivity contribution in [3.63, 3.8) is 0 Å². The van der Waals surface area contributed by atoms with Gasteiger partial charge < -0.3 is 19.9 Å². The van der Waals surface area contributed by atoms with Crippen molar-refractivity contribution in [1.29, 1.82) is 0 Å². The highest BCUT2D eigenvalue weighted by molar-refractivity contribution is 5.76. The Morgan fingerprint density at radius 1 is 1.33 bits per heavy atom. The highest BCUT2D eigenvalue weighted by atomic mass is 16.5. The highest BCUT2D eigenvalue weighted by Gasteiger charge is 2.15. The van der Waals surface area contributed by atoms with E-state index >= 15 is 0 Å². The molecule has 126 valence electrons. The fourth-order valence-corrected chi connectivity index (χ4v) is 2.79. The molecule has 0 aromatic heterocycles. The first kappa shape index (κ1) is 16.3. The van der Waals surface area contributed by atoms with Crippen LogP contribution in [0.25, 0.3) is 5.70 Å². The molecule has 0 bridgehead atoms. The van der Waals surface area contributed by atoms with E-state index in [0.29, 0.717) is 18.9 Å². The number of methoxy groups -OCH3 is 1. The Balaban J connectivity index is 1.87. The van der Waals surface area contributed by atoms with Gasteiger partial charge in [0.05, 0.1) is 18.8 Å². The number of hydrogen-bond donors (Lipinski definition) is 2. The summed E-state index contributed by atoms with van der Waals surface area (Å²) in [5.74, 6) is 0.796. The Labute approximate surface area is 142 Å². The first-order valence-corrected chi connectivity index (χ1v) is 8.02. The van der Waals surface area contributed by atoms with Crippen LogP contribution in [0.5, 0.6) is 11.5 Å². The number of dihydropyridines is 1. The molecule has 1 atom stereocenters. The summed E-state index contributed by atoms with van der Waals surface area (Å²) in [6, 6.07) is 5.27. The number of nitrogens with zero attached hydrogens (tertiary/aromatic N) is 1. The van der Waals surface area contributed by atoms with E-state index in [0.717, 1.165) is 23.4 Å². The van der Waals surface area contributed by atoms with Gasteiger partial charge in [-0.1, -0.05) is 6.08 Å². The molecule has 3 rings (SSSR count). The molecule has 0 aliphatic carbocycles. The third kappa shape index (κ3) is 3.86. The molecule has 24 heavy (non-hydrogen) atoms. The van der Waals surface area contributed by atoms with E-state index in [4.69, 9.17) is 9.47 Å². The normalized spacial score (nSPS) is 17.7. The molecule has 5 nitrogen and oxygen atoms in total. The molecule has 1 unspecified atom stereocenters. The third-order valence-corrected chi connectivity index (χ3v) is 3.87. The summed E-state index contributed by atoms with van der Waals surface area (Å²) < 4.78 is 10.9. The highest BCUT2D eigenvalue weighted by Crippen LogP contribution is 2.30. The largest absolute Gasteiger partial charge is 0.508 e. The van der Waals surface area contributed by atoms with E-state index in [2.05, 4.69) is 22.5 Å². The summed E-state index contributed by atoms with van der Waals surface area (Å²) in [5, 5.41) is 13.4. The van der Waals surface area contributed by atoms with Crippen molar-refractivity contribution in [3.05, 3.63) is 53.3 Å². The van der Waals surface area contributed by atoms with Crippen LogP contribution in [-0.4, -0.2) is 37.7 Å². The van der Waals surface area contributed by atoms with Crippen molar-refractivity contribution < 1.29 is 14.6 Å². The summed E-state index contributed by atoms with van der Waals surface area (Å²) >= 11 is 0. The Morgan fingerprint density at radius 2 is 2.21 bits per heavy atom. The van der Waals surface area contributed by atoms with Gasteiger partial charge in [-0.2, -0.15) is 0 Å². The molecule has 2 N–H and O–H groups in total. The van der Waals surface area contributed by atoms with E-state index < -0.39 is 0 Å². The molecule has 1 aromatic rings. The van der Waals surface area contributed by atoms with Crippen LogP contribution >= 0.6 is 0 Å². The number of nitrogens with one attached hydrogen (secondary N) is 1. The van der Waals surface area contributed by atoms with E-state index in [1.807, 2.05) is 25.3 Å². The summed E-state index contributed by atoms with van der Waals surface area (Å²) in [6.07, 6.45) is 8.73. The maximum absolute atomic E-state index is 10.0. The quantitative estimate of drug-likeness (QED) is 0.873. The van der Waals surface area contributed by atoms with Crippen molar-refractivity contribution >= 4 is 11.9 Å². The molecule has 0 saturated heterocycles. The Bertz CT molecular complexity index is 732. The van der Waals surface area contributed by atoms with Crippen LogP contribution in [0.4, 0.5) is 0 Å². The van der Waals surface area contributed by atoms with Gasteiger partial charge >= 0.3 is 0 Å². The lowest BCUT2D eigenvalue weighted by Gasteiger charge is -2.20. The van der Waals surface area contributed by atoms with Crippen molar-refractivity contribution in [2.24, 2.45) is 4.99 Å². The van der Waals surface area contributed by atoms with Crippen LogP contribution < -0.4 is 10.1 Å². The number of aliphatic imine (C=N–C) groups is 1. The minimum Gasteiger partial charge on any atom is -0.508 e. The molecule has 2 aliphatic rings. The van der Waals surface area contributed by atoms with Crippen molar-refractivity contribution in [1.82, 2.24) is 5.32 Å². The molecule has 0 spiro atoms. The predicted octanol–water partition coefficient (Wildman–Crippen LogP) is 3.03. The molecule has 0 amide bonds. The van der Waals surface area contributed by atoms with Gasteiger partial charge in [-0.15, -0.1) is 0 Å². The lowest BCUT2D eigenvalue weighted by Crippen LogP contribution is -2.20. The van der Waals surface area contributed by atoms with E-state index in [1.54, 1.807) is 19.2 Å². The van der Waals surface area contributed by atoms with Gasteiger partial charge in [0.25, 0.3) is 0 Å². The number of aromatic hydroxyl groups is 1. The summed E-state index contributed by atoms with van der Waals surface area (Å²) in [5.41, 5.74) is 4.08. The number of ether oxygens (including phenoxy) is 2. The maximum atomic E-state index is 10.0. The number of hydrogen-bond acceptors (Lipinski definition) is 5. The zero-order chi connectivity index (χ0) is 16.9. The predicted molar refractivity (Wildman–Crippen MR) is 95.3 cm³/mol. The van der Waals surface area contributed by atoms with Gasteiger partial charge in [0, 0.05) is 30.7 Å². The topological polar surface area (TPSA) is 63.1 Å². The summed E-state index contributed by atoms with van der Waals surface area (Å²) in [4.78, 5) is 4.44. The average Bonchev–Trinajstić information content (AvgIpc) is 2.79. The maximum Gasteiger partial charge on any atom is 0.124 e. The molecule has 1 aromatic carbocycles. The summed E-state index contributed by atoms with van der Waals surface area (Å²) in [6.45, 7) is 3.09. The second-order valence-electron chi connectivity index (χ2n) is 5.89. The van der Waals surface area contributed by atoms with Gasteiger partial charge in [-0.05, 0) is 43.2 Å². The Kier molecular flexibility index (Phi) is 5.01.